The molecule has 0 saturated heterocycles. The molecule has 1 aliphatic heterocycles. The zero-order valence-corrected chi connectivity index (χ0v) is 10.2. The number of nitrogens with zero attached hydrogens (tertiary/aromatic N) is 2. The van der Waals surface area contributed by atoms with Crippen LogP contribution < -0.4 is 0 Å². The van der Waals surface area contributed by atoms with Crippen molar-refractivity contribution in [1.82, 2.24) is 9.80 Å². The topological polar surface area (TPSA) is 6.48 Å². The molecule has 0 spiro atoms. The third-order valence-corrected chi connectivity index (χ3v) is 3.12. The van der Waals surface area contributed by atoms with Gasteiger partial charge in [-0.3, -0.25) is 4.90 Å². The van der Waals surface area contributed by atoms with E-state index in [1.807, 2.05) is 0 Å². The summed E-state index contributed by atoms with van der Waals surface area (Å²) in [6, 6.07) is 1.90. The van der Waals surface area contributed by atoms with Crippen LogP contribution in [-0.4, -0.2) is 48.1 Å². The first-order valence-electron chi connectivity index (χ1n) is 5.65. The quantitative estimate of drug-likeness (QED) is 0.634. The largest absolute Gasteiger partial charge is 0.302 e. The Morgan fingerprint density at radius 1 is 1.36 bits per heavy atom. The van der Waals surface area contributed by atoms with E-state index in [4.69, 9.17) is 0 Å². The summed E-state index contributed by atoms with van der Waals surface area (Å²) in [5.74, 6) is 0. The fourth-order valence-electron chi connectivity index (χ4n) is 1.85. The van der Waals surface area contributed by atoms with Crippen LogP contribution in [0.25, 0.3) is 0 Å². The number of likely N-dealkylation sites (N-methyl/N-ethyl adjacent to an activating group) is 1. The lowest BCUT2D eigenvalue weighted by atomic mass is 10.2. The van der Waals surface area contributed by atoms with Crippen molar-refractivity contribution in [3.63, 3.8) is 0 Å². The molecule has 1 aliphatic rings. The molecular formula is C12H24N2. The van der Waals surface area contributed by atoms with Gasteiger partial charge in [0.2, 0.25) is 0 Å². The lowest BCUT2D eigenvalue weighted by Gasteiger charge is -2.32. The Morgan fingerprint density at radius 3 is 2.50 bits per heavy atom. The second-order valence-corrected chi connectivity index (χ2v) is 4.82. The van der Waals surface area contributed by atoms with E-state index in [1.165, 1.54) is 0 Å². The smallest absolute Gasteiger partial charge is 0.0412 e. The van der Waals surface area contributed by atoms with Crippen LogP contribution >= 0.6 is 0 Å². The van der Waals surface area contributed by atoms with Gasteiger partial charge in [-0.05, 0) is 34.7 Å². The highest BCUT2D eigenvalue weighted by Gasteiger charge is 2.23. The van der Waals surface area contributed by atoms with Gasteiger partial charge in [-0.2, -0.15) is 0 Å². The minimum atomic E-state index is 0.613. The van der Waals surface area contributed by atoms with Gasteiger partial charge >= 0.3 is 0 Å². The van der Waals surface area contributed by atoms with Crippen LogP contribution in [0.2, 0.25) is 0 Å². The summed E-state index contributed by atoms with van der Waals surface area (Å²) in [5.41, 5.74) is 0. The molecule has 2 nitrogen and oxygen atoms in total. The van der Waals surface area contributed by atoms with Crippen LogP contribution in [0.1, 0.15) is 27.7 Å². The average molecular weight is 196 g/mol. The SMILES string of the molecule is CC(C)N(C)CC1C=CCN1C(C)C. The maximum absolute atomic E-state index is 2.54. The van der Waals surface area contributed by atoms with E-state index in [1.54, 1.807) is 0 Å². The Labute approximate surface area is 88.6 Å². The molecule has 1 heterocycles. The van der Waals surface area contributed by atoms with Crippen molar-refractivity contribution >= 4 is 0 Å². The van der Waals surface area contributed by atoms with Crippen molar-refractivity contribution < 1.29 is 0 Å². The molecule has 0 bridgehead atoms. The molecule has 1 rings (SSSR count). The summed E-state index contributed by atoms with van der Waals surface area (Å²) in [6.45, 7) is 11.3. The van der Waals surface area contributed by atoms with Crippen LogP contribution in [0.4, 0.5) is 0 Å². The summed E-state index contributed by atoms with van der Waals surface area (Å²) < 4.78 is 0. The van der Waals surface area contributed by atoms with Crippen molar-refractivity contribution in [1.29, 1.82) is 0 Å². The molecule has 14 heavy (non-hydrogen) atoms. The van der Waals surface area contributed by atoms with E-state index >= 15 is 0 Å². The minimum Gasteiger partial charge on any atom is -0.302 e. The second kappa shape index (κ2) is 4.94. The normalized spacial score (nSPS) is 23.3. The molecule has 0 saturated carbocycles. The van der Waals surface area contributed by atoms with Crippen molar-refractivity contribution in [3.05, 3.63) is 12.2 Å². The lowest BCUT2D eigenvalue weighted by molar-refractivity contribution is 0.159. The van der Waals surface area contributed by atoms with Gasteiger partial charge in [0.25, 0.3) is 0 Å². The molecule has 1 atom stereocenters. The zero-order valence-electron chi connectivity index (χ0n) is 10.2. The van der Waals surface area contributed by atoms with E-state index in [-0.39, 0.29) is 0 Å². The molecule has 2 heteroatoms. The van der Waals surface area contributed by atoms with E-state index in [0.717, 1.165) is 13.1 Å². The van der Waals surface area contributed by atoms with E-state index < -0.39 is 0 Å². The molecule has 0 fully saturated rings. The van der Waals surface area contributed by atoms with Gasteiger partial charge in [-0.25, -0.2) is 0 Å². The fraction of sp³-hybridized carbons (Fsp3) is 0.833. The highest BCUT2D eigenvalue weighted by Crippen LogP contribution is 2.14. The highest BCUT2D eigenvalue weighted by atomic mass is 15.2. The summed E-state index contributed by atoms with van der Waals surface area (Å²) in [4.78, 5) is 4.95. The van der Waals surface area contributed by atoms with E-state index in [2.05, 4.69) is 56.7 Å². The monoisotopic (exact) mass is 196 g/mol. The first kappa shape index (κ1) is 11.7. The number of rotatable bonds is 4. The maximum atomic E-state index is 2.54. The third kappa shape index (κ3) is 2.82. The lowest BCUT2D eigenvalue weighted by Crippen LogP contribution is -2.44. The Kier molecular flexibility index (Phi) is 4.14. The van der Waals surface area contributed by atoms with Gasteiger partial charge in [0.1, 0.15) is 0 Å². The summed E-state index contributed by atoms with van der Waals surface area (Å²) in [5, 5.41) is 0. The van der Waals surface area contributed by atoms with Crippen molar-refractivity contribution in [3.8, 4) is 0 Å². The van der Waals surface area contributed by atoms with Gasteiger partial charge in [0.15, 0.2) is 0 Å². The summed E-state index contributed by atoms with van der Waals surface area (Å²) in [7, 11) is 2.20. The first-order valence-corrected chi connectivity index (χ1v) is 5.65. The van der Waals surface area contributed by atoms with Crippen molar-refractivity contribution in [2.24, 2.45) is 0 Å². The molecule has 0 radical (unpaired) electrons. The van der Waals surface area contributed by atoms with Crippen LogP contribution in [0.15, 0.2) is 12.2 Å². The molecule has 0 aliphatic carbocycles. The van der Waals surface area contributed by atoms with E-state index in [9.17, 15) is 0 Å². The fourth-order valence-corrected chi connectivity index (χ4v) is 1.85. The minimum absolute atomic E-state index is 0.613. The van der Waals surface area contributed by atoms with Gasteiger partial charge in [0.05, 0.1) is 0 Å². The molecular weight excluding hydrogens is 172 g/mol. The number of hydrogen-bond donors (Lipinski definition) is 0. The predicted octanol–water partition coefficient (Wildman–Crippen LogP) is 1.98. The highest BCUT2D eigenvalue weighted by molar-refractivity contribution is 5.05. The number of hydrogen-bond acceptors (Lipinski definition) is 2. The standard InChI is InChI=1S/C12H24N2/c1-10(2)13(5)9-12-7-6-8-14(12)11(3)4/h6-7,10-12H,8-9H2,1-5H3. The van der Waals surface area contributed by atoms with Crippen LogP contribution in [0, 0.1) is 0 Å². The van der Waals surface area contributed by atoms with Crippen molar-refractivity contribution in [2.75, 3.05) is 20.1 Å². The molecule has 0 aromatic carbocycles. The average Bonchev–Trinajstić information content (AvgIpc) is 2.52. The van der Waals surface area contributed by atoms with Gasteiger partial charge in [0, 0.05) is 31.2 Å². The summed E-state index contributed by atoms with van der Waals surface area (Å²) >= 11 is 0. The third-order valence-electron chi connectivity index (χ3n) is 3.12. The molecule has 0 aromatic rings. The second-order valence-electron chi connectivity index (χ2n) is 4.82. The molecule has 0 N–H and O–H groups in total. The van der Waals surface area contributed by atoms with Gasteiger partial charge in [-0.15, -0.1) is 0 Å². The molecule has 0 amide bonds. The van der Waals surface area contributed by atoms with Crippen LogP contribution in [0.3, 0.4) is 0 Å². The van der Waals surface area contributed by atoms with Gasteiger partial charge < -0.3 is 4.90 Å². The van der Waals surface area contributed by atoms with Crippen LogP contribution in [-0.2, 0) is 0 Å². The zero-order chi connectivity index (χ0) is 10.7. The van der Waals surface area contributed by atoms with E-state index in [0.29, 0.717) is 18.1 Å². The predicted molar refractivity (Wildman–Crippen MR) is 62.5 cm³/mol. The Morgan fingerprint density at radius 2 is 2.00 bits per heavy atom. The Balaban J connectivity index is 2.47. The molecule has 82 valence electrons. The van der Waals surface area contributed by atoms with Gasteiger partial charge in [-0.1, -0.05) is 12.2 Å². The Bertz CT molecular complexity index is 196. The van der Waals surface area contributed by atoms with Crippen molar-refractivity contribution in [2.45, 2.75) is 45.8 Å². The molecule has 1 unspecified atom stereocenters. The van der Waals surface area contributed by atoms with Crippen LogP contribution in [0.5, 0.6) is 0 Å². The maximum Gasteiger partial charge on any atom is 0.0412 e. The Hall–Kier alpha value is -0.340. The summed E-state index contributed by atoms with van der Waals surface area (Å²) in [6.07, 6.45) is 4.64. The first-order chi connectivity index (χ1) is 6.52. The molecule has 0 aromatic heterocycles.